The number of nitrogens with zero attached hydrogens (tertiary/aromatic N) is 1. The van der Waals surface area contributed by atoms with Gasteiger partial charge in [0.1, 0.15) is 19.3 Å². The van der Waals surface area contributed by atoms with Crippen LogP contribution in [0.2, 0.25) is 0 Å². The molecule has 10 heteroatoms. The highest BCUT2D eigenvalue weighted by atomic mass is 31.2. The Hall–Kier alpha value is -2.81. The van der Waals surface area contributed by atoms with E-state index < -0.39 is 20.0 Å². The molecule has 9 nitrogen and oxygen atoms in total. The van der Waals surface area contributed by atoms with Gasteiger partial charge in [0.25, 0.3) is 0 Å². The second kappa shape index (κ2) is 60.3. The van der Waals surface area contributed by atoms with E-state index in [0.29, 0.717) is 17.4 Å². The highest BCUT2D eigenvalue weighted by Crippen LogP contribution is 2.43. The van der Waals surface area contributed by atoms with E-state index >= 15 is 0 Å². The second-order valence-corrected chi connectivity index (χ2v) is 25.4. The van der Waals surface area contributed by atoms with E-state index in [0.717, 1.165) is 109 Å². The van der Waals surface area contributed by atoms with E-state index in [-0.39, 0.29) is 31.5 Å². The number of phosphoric acid groups is 1. The number of hydrogen-bond donors (Lipinski definition) is 2. The second-order valence-electron chi connectivity index (χ2n) is 24.0. The van der Waals surface area contributed by atoms with Crippen LogP contribution in [0.15, 0.2) is 85.1 Å². The van der Waals surface area contributed by atoms with Crippen LogP contribution < -0.4 is 5.32 Å². The van der Waals surface area contributed by atoms with Gasteiger partial charge in [-0.15, -0.1) is 0 Å². The fourth-order valence-corrected chi connectivity index (χ4v) is 10.4. The minimum Gasteiger partial charge on any atom is -0.456 e. The van der Waals surface area contributed by atoms with Crippen molar-refractivity contribution in [2.75, 3.05) is 40.9 Å². The summed E-state index contributed by atoms with van der Waals surface area (Å²) in [5.41, 5.74) is 0. The summed E-state index contributed by atoms with van der Waals surface area (Å²) in [4.78, 5) is 37.8. The number of phosphoric ester groups is 1. The summed E-state index contributed by atoms with van der Waals surface area (Å²) in [6.45, 7) is 6.92. The van der Waals surface area contributed by atoms with Gasteiger partial charge in [0.2, 0.25) is 5.91 Å². The van der Waals surface area contributed by atoms with E-state index in [1.807, 2.05) is 33.3 Å². The fraction of sp³-hybridized carbons (Fsp3) is 0.775. The van der Waals surface area contributed by atoms with E-state index in [1.54, 1.807) is 0 Å². The SMILES string of the molecule is CC/C=C\C/C=C\C/C=C\C/C=C\C/C=C\C/C=C\CCCCCCCCCCC(=O)OC(/C=C\CCCCCCCCCCCC)C(COP(=O)(O)OCC[N+](C)(C)C)NC(=O)CCCCCCCCCCCCCCCCCC. The lowest BCUT2D eigenvalue weighted by Crippen LogP contribution is -2.47. The first-order valence-electron chi connectivity index (χ1n) is 33.9. The third kappa shape index (κ3) is 61.6. The number of hydrogen-bond acceptors (Lipinski definition) is 6. The fourth-order valence-electron chi connectivity index (χ4n) is 9.65. The predicted octanol–water partition coefficient (Wildman–Crippen LogP) is 21.3. The van der Waals surface area contributed by atoms with Crippen molar-refractivity contribution in [3.8, 4) is 0 Å². The first kappa shape index (κ1) is 78.2. The molecule has 0 aliphatic rings. The molecule has 0 radical (unpaired) electrons. The Morgan fingerprint density at radius 1 is 0.444 bits per heavy atom. The third-order valence-corrected chi connectivity index (χ3v) is 15.8. The average molecular weight is 1150 g/mol. The van der Waals surface area contributed by atoms with Crippen LogP contribution >= 0.6 is 7.82 Å². The van der Waals surface area contributed by atoms with Gasteiger partial charge in [0, 0.05) is 12.8 Å². The predicted molar refractivity (Wildman–Crippen MR) is 351 cm³/mol. The lowest BCUT2D eigenvalue weighted by Gasteiger charge is -2.27. The van der Waals surface area contributed by atoms with Crippen molar-refractivity contribution >= 4 is 19.7 Å². The number of carbonyl (C=O) groups is 2. The number of allylic oxidation sites excluding steroid dienone is 13. The molecule has 0 aliphatic heterocycles. The lowest BCUT2D eigenvalue weighted by molar-refractivity contribution is -0.870. The Kier molecular flexibility index (Phi) is 58.2. The van der Waals surface area contributed by atoms with E-state index in [1.165, 1.54) is 161 Å². The van der Waals surface area contributed by atoms with Crippen LogP contribution in [0.3, 0.4) is 0 Å². The molecular weight excluding hydrogens is 1020 g/mol. The topological polar surface area (TPSA) is 111 Å². The number of ether oxygens (including phenoxy) is 1. The molecule has 470 valence electrons. The lowest BCUT2D eigenvalue weighted by atomic mass is 10.0. The number of rotatable bonds is 61. The molecule has 0 spiro atoms. The molecule has 0 aromatic heterocycles. The molecule has 81 heavy (non-hydrogen) atoms. The summed E-state index contributed by atoms with van der Waals surface area (Å²) in [6, 6.07) is -0.853. The van der Waals surface area contributed by atoms with Gasteiger partial charge in [-0.1, -0.05) is 292 Å². The van der Waals surface area contributed by atoms with Crippen LogP contribution in [0.25, 0.3) is 0 Å². The number of carbonyl (C=O) groups excluding carboxylic acids is 2. The average Bonchev–Trinajstić information content (AvgIpc) is 3.44. The number of amides is 1. The standard InChI is InChI=1S/C71H129N2O7P/c1-7-10-13-16-19-22-25-28-30-32-33-34-35-36-37-38-39-40-41-42-44-46-49-52-55-58-61-64-71(75)80-69(62-59-56-53-50-47-27-24-21-18-15-12-9-3)68(67-79-81(76,77)78-66-65-73(4,5)6)72-70(74)63-60-57-54-51-48-45-43-31-29-26-23-20-17-14-11-8-2/h10,13,19,22,28,30,33-34,36-37,39-40,59,62,68-69H,7-9,11-12,14-18,20-21,23-27,29,31-32,35,38,41-58,60-61,63-67H2,1-6H3,(H-,72,74,76,77)/p+1/b13-10-,22-19-,30-28-,34-33-,37-36-,40-39-,62-59-. The Morgan fingerprint density at radius 2 is 0.790 bits per heavy atom. The Bertz CT molecular complexity index is 1660. The van der Waals surface area contributed by atoms with Gasteiger partial charge in [0.05, 0.1) is 33.8 Å². The number of esters is 1. The molecule has 0 rings (SSSR count). The minimum atomic E-state index is -4.45. The molecule has 3 atom stereocenters. The Labute approximate surface area is 501 Å². The number of likely N-dealkylation sites (N-methyl/N-ethyl adjacent to an activating group) is 1. The van der Waals surface area contributed by atoms with Crippen LogP contribution in [-0.2, 0) is 27.9 Å². The Balaban J connectivity index is 5.10. The van der Waals surface area contributed by atoms with Crippen molar-refractivity contribution < 1.29 is 37.3 Å². The molecule has 3 unspecified atom stereocenters. The van der Waals surface area contributed by atoms with Crippen LogP contribution in [0.5, 0.6) is 0 Å². The minimum absolute atomic E-state index is 0.0375. The van der Waals surface area contributed by atoms with Crippen LogP contribution in [-0.4, -0.2) is 74.3 Å². The highest BCUT2D eigenvalue weighted by Gasteiger charge is 2.30. The van der Waals surface area contributed by atoms with Gasteiger partial charge in [-0.05, 0) is 83.1 Å². The smallest absolute Gasteiger partial charge is 0.456 e. The zero-order valence-corrected chi connectivity index (χ0v) is 54.7. The van der Waals surface area contributed by atoms with Gasteiger partial charge in [0.15, 0.2) is 0 Å². The monoisotopic (exact) mass is 1150 g/mol. The molecule has 0 fully saturated rings. The highest BCUT2D eigenvalue weighted by molar-refractivity contribution is 7.47. The number of unbranched alkanes of at least 4 members (excludes halogenated alkanes) is 33. The summed E-state index contributed by atoms with van der Waals surface area (Å²) in [5.74, 6) is -0.507. The van der Waals surface area contributed by atoms with E-state index in [4.69, 9.17) is 13.8 Å². The normalized spacial score (nSPS) is 14.1. The molecule has 0 bridgehead atoms. The van der Waals surface area contributed by atoms with Crippen LogP contribution in [0, 0.1) is 0 Å². The maximum Gasteiger partial charge on any atom is 0.472 e. The summed E-state index contributed by atoms with van der Waals surface area (Å²) in [6.07, 6.45) is 80.1. The molecule has 0 saturated heterocycles. The molecule has 0 aromatic rings. The molecule has 0 aliphatic carbocycles. The van der Waals surface area contributed by atoms with Gasteiger partial charge in [-0.25, -0.2) is 4.57 Å². The zero-order valence-electron chi connectivity index (χ0n) is 53.8. The van der Waals surface area contributed by atoms with Crippen molar-refractivity contribution in [2.24, 2.45) is 0 Å². The van der Waals surface area contributed by atoms with Gasteiger partial charge in [-0.2, -0.15) is 0 Å². The molecular formula is C71H130N2O7P+. The maximum absolute atomic E-state index is 13.6. The summed E-state index contributed by atoms with van der Waals surface area (Å²) < 4.78 is 30.8. The van der Waals surface area contributed by atoms with Crippen molar-refractivity contribution in [3.63, 3.8) is 0 Å². The summed E-state index contributed by atoms with van der Waals surface area (Å²) >= 11 is 0. The largest absolute Gasteiger partial charge is 0.472 e. The Morgan fingerprint density at radius 3 is 1.19 bits per heavy atom. The van der Waals surface area contributed by atoms with Gasteiger partial charge >= 0.3 is 13.8 Å². The van der Waals surface area contributed by atoms with Gasteiger partial charge in [-0.3, -0.25) is 18.6 Å². The first-order chi connectivity index (χ1) is 39.4. The van der Waals surface area contributed by atoms with Crippen molar-refractivity contribution in [3.05, 3.63) is 85.1 Å². The third-order valence-electron chi connectivity index (χ3n) is 14.8. The van der Waals surface area contributed by atoms with Gasteiger partial charge < -0.3 is 19.4 Å². The molecule has 2 N–H and O–H groups in total. The summed E-state index contributed by atoms with van der Waals surface area (Å²) in [7, 11) is 1.49. The van der Waals surface area contributed by atoms with Crippen molar-refractivity contribution in [1.82, 2.24) is 5.32 Å². The molecule has 1 amide bonds. The maximum atomic E-state index is 13.6. The van der Waals surface area contributed by atoms with Crippen LogP contribution in [0.1, 0.15) is 303 Å². The number of nitrogens with one attached hydrogen (secondary N) is 1. The summed E-state index contributed by atoms with van der Waals surface area (Å²) in [5, 5.41) is 3.06. The molecule has 0 aromatic carbocycles. The quantitative estimate of drug-likeness (QED) is 0.0205. The zero-order chi connectivity index (χ0) is 59.3. The first-order valence-corrected chi connectivity index (χ1v) is 35.4. The van der Waals surface area contributed by atoms with Crippen molar-refractivity contribution in [2.45, 2.75) is 315 Å². The molecule has 0 heterocycles. The molecule has 0 saturated carbocycles. The van der Waals surface area contributed by atoms with E-state index in [9.17, 15) is 19.0 Å². The van der Waals surface area contributed by atoms with Crippen molar-refractivity contribution in [1.29, 1.82) is 0 Å². The van der Waals surface area contributed by atoms with Crippen LogP contribution in [0.4, 0.5) is 0 Å². The number of quaternary nitrogens is 1. The van der Waals surface area contributed by atoms with E-state index in [2.05, 4.69) is 99.0 Å².